The molecule has 3 rings (SSSR count). The fraction of sp³-hybridized carbons (Fsp3) is 0.611. The highest BCUT2D eigenvalue weighted by atomic mass is 32.2. The van der Waals surface area contributed by atoms with Crippen LogP contribution in [0.3, 0.4) is 0 Å². The van der Waals surface area contributed by atoms with Crippen LogP contribution in [-0.4, -0.2) is 41.4 Å². The van der Waals surface area contributed by atoms with Gasteiger partial charge in [0.2, 0.25) is 5.91 Å². The lowest BCUT2D eigenvalue weighted by Crippen LogP contribution is -2.42. The van der Waals surface area contributed by atoms with Crippen molar-refractivity contribution in [1.82, 2.24) is 10.2 Å². The number of carbonyl (C=O) groups excluding carboxylic acids is 1. The molecule has 2 aliphatic rings. The average Bonchev–Trinajstić information content (AvgIpc) is 3.00. The van der Waals surface area contributed by atoms with Crippen LogP contribution in [-0.2, 0) is 4.79 Å². The van der Waals surface area contributed by atoms with E-state index < -0.39 is 0 Å². The first-order chi connectivity index (χ1) is 10.7. The van der Waals surface area contributed by atoms with E-state index in [9.17, 15) is 4.79 Å². The minimum absolute atomic E-state index is 0.281. The fourth-order valence-electron chi connectivity index (χ4n) is 3.60. The van der Waals surface area contributed by atoms with Crippen molar-refractivity contribution in [2.45, 2.75) is 45.2 Å². The molecule has 2 atom stereocenters. The zero-order chi connectivity index (χ0) is 15.5. The number of nitrogens with zero attached hydrogens (tertiary/aromatic N) is 1. The number of rotatable bonds is 3. The van der Waals surface area contributed by atoms with Crippen LogP contribution in [0, 0.1) is 13.8 Å². The molecule has 0 bridgehead atoms. The van der Waals surface area contributed by atoms with E-state index in [4.69, 9.17) is 0 Å². The second-order valence-electron chi connectivity index (χ2n) is 6.46. The van der Waals surface area contributed by atoms with Gasteiger partial charge in [0.15, 0.2) is 0 Å². The van der Waals surface area contributed by atoms with Gasteiger partial charge in [0.05, 0.1) is 6.04 Å². The number of aryl methyl sites for hydroxylation is 1. The molecule has 1 N–H and O–H groups in total. The van der Waals surface area contributed by atoms with Crippen LogP contribution in [0.1, 0.15) is 42.0 Å². The summed E-state index contributed by atoms with van der Waals surface area (Å²) in [6.07, 6.45) is 2.87. The average molecular weight is 318 g/mol. The second kappa shape index (κ2) is 7.05. The lowest BCUT2D eigenvalue weighted by atomic mass is 9.96. The Morgan fingerprint density at radius 1 is 1.41 bits per heavy atom. The Bertz CT molecular complexity index is 540. The lowest BCUT2D eigenvalue weighted by molar-refractivity contribution is -0.132. The molecule has 120 valence electrons. The van der Waals surface area contributed by atoms with Crippen molar-refractivity contribution in [3.05, 3.63) is 34.9 Å². The molecule has 22 heavy (non-hydrogen) atoms. The van der Waals surface area contributed by atoms with E-state index in [1.54, 1.807) is 0 Å². The summed E-state index contributed by atoms with van der Waals surface area (Å²) in [4.78, 5) is 14.9. The van der Waals surface area contributed by atoms with Crippen molar-refractivity contribution in [2.24, 2.45) is 0 Å². The number of nitrogens with one attached hydrogen (secondary N) is 1. The molecule has 1 amide bonds. The minimum Gasteiger partial charge on any atom is -0.336 e. The molecule has 4 heteroatoms. The van der Waals surface area contributed by atoms with Crippen LogP contribution in [0.2, 0.25) is 0 Å². The molecule has 0 aliphatic carbocycles. The summed E-state index contributed by atoms with van der Waals surface area (Å²) in [7, 11) is 0. The van der Waals surface area contributed by atoms with Gasteiger partial charge in [-0.05, 0) is 43.4 Å². The number of benzene rings is 1. The summed E-state index contributed by atoms with van der Waals surface area (Å²) >= 11 is 1.96. The largest absolute Gasteiger partial charge is 0.336 e. The summed E-state index contributed by atoms with van der Waals surface area (Å²) in [5, 5.41) is 3.48. The molecule has 3 nitrogen and oxygen atoms in total. The van der Waals surface area contributed by atoms with Gasteiger partial charge in [-0.1, -0.05) is 18.2 Å². The molecule has 0 aromatic heterocycles. The first kappa shape index (κ1) is 15.9. The molecule has 2 fully saturated rings. The zero-order valence-electron chi connectivity index (χ0n) is 13.6. The highest BCUT2D eigenvalue weighted by molar-refractivity contribution is 7.99. The summed E-state index contributed by atoms with van der Waals surface area (Å²) in [5.74, 6) is 2.55. The molecule has 0 spiro atoms. The third kappa shape index (κ3) is 3.33. The Kier molecular flexibility index (Phi) is 5.09. The number of likely N-dealkylation sites (tertiary alicyclic amines) is 1. The van der Waals surface area contributed by atoms with Crippen LogP contribution in [0.25, 0.3) is 0 Å². The lowest BCUT2D eigenvalue weighted by Gasteiger charge is -2.30. The van der Waals surface area contributed by atoms with E-state index in [0.717, 1.165) is 31.7 Å². The smallest absolute Gasteiger partial charge is 0.224 e. The van der Waals surface area contributed by atoms with Gasteiger partial charge in [-0.2, -0.15) is 11.8 Å². The molecule has 2 saturated heterocycles. The van der Waals surface area contributed by atoms with E-state index in [2.05, 4.69) is 42.3 Å². The first-order valence-electron chi connectivity index (χ1n) is 8.33. The number of carbonyl (C=O) groups is 1. The van der Waals surface area contributed by atoms with E-state index >= 15 is 0 Å². The van der Waals surface area contributed by atoms with Gasteiger partial charge >= 0.3 is 0 Å². The third-order valence-electron chi connectivity index (χ3n) is 5.00. The van der Waals surface area contributed by atoms with Gasteiger partial charge in [0.1, 0.15) is 0 Å². The van der Waals surface area contributed by atoms with Crippen LogP contribution in [0.15, 0.2) is 18.2 Å². The SMILES string of the molecule is Cc1cccc(C2CCCN2C(=O)CC2CSCCN2)c1C. The second-order valence-corrected chi connectivity index (χ2v) is 7.61. The number of hydrogen-bond donors (Lipinski definition) is 1. The van der Waals surface area contributed by atoms with Crippen molar-refractivity contribution >= 4 is 17.7 Å². The van der Waals surface area contributed by atoms with Crippen LogP contribution >= 0.6 is 11.8 Å². The molecule has 2 aliphatic heterocycles. The standard InChI is InChI=1S/C18H26N2OS/c1-13-5-3-6-16(14(13)2)17-7-4-9-20(17)18(21)11-15-12-22-10-8-19-15/h3,5-6,15,17,19H,4,7-12H2,1-2H3. The Balaban J connectivity index is 1.72. The topological polar surface area (TPSA) is 32.3 Å². The summed E-state index contributed by atoms with van der Waals surface area (Å²) in [6, 6.07) is 7.11. The number of thioether (sulfide) groups is 1. The molecule has 0 radical (unpaired) electrons. The molecule has 2 heterocycles. The number of amides is 1. The van der Waals surface area contributed by atoms with Gasteiger partial charge in [0.25, 0.3) is 0 Å². The van der Waals surface area contributed by atoms with Gasteiger partial charge in [-0.3, -0.25) is 4.79 Å². The van der Waals surface area contributed by atoms with Crippen molar-refractivity contribution in [3.8, 4) is 0 Å². The highest BCUT2D eigenvalue weighted by Crippen LogP contribution is 2.35. The maximum Gasteiger partial charge on any atom is 0.224 e. The quantitative estimate of drug-likeness (QED) is 0.929. The van der Waals surface area contributed by atoms with Crippen LogP contribution in [0.4, 0.5) is 0 Å². The Morgan fingerprint density at radius 2 is 2.27 bits per heavy atom. The van der Waals surface area contributed by atoms with Gasteiger partial charge in [-0.15, -0.1) is 0 Å². The van der Waals surface area contributed by atoms with Gasteiger partial charge in [0, 0.05) is 37.1 Å². The number of hydrogen-bond acceptors (Lipinski definition) is 3. The molecule has 1 aromatic rings. The van der Waals surface area contributed by atoms with Crippen LogP contribution in [0.5, 0.6) is 0 Å². The Labute approximate surface area is 137 Å². The molecule has 1 aromatic carbocycles. The molecular weight excluding hydrogens is 292 g/mol. The highest BCUT2D eigenvalue weighted by Gasteiger charge is 2.32. The third-order valence-corrected chi connectivity index (χ3v) is 6.13. The van der Waals surface area contributed by atoms with Crippen molar-refractivity contribution in [1.29, 1.82) is 0 Å². The molecular formula is C18H26N2OS. The maximum atomic E-state index is 12.8. The normalized spacial score (nSPS) is 25.5. The first-order valence-corrected chi connectivity index (χ1v) is 9.49. The Hall–Kier alpha value is -1.00. The van der Waals surface area contributed by atoms with Crippen molar-refractivity contribution < 1.29 is 4.79 Å². The predicted octanol–water partition coefficient (Wildman–Crippen LogP) is 3.06. The monoisotopic (exact) mass is 318 g/mol. The summed E-state index contributed by atoms with van der Waals surface area (Å²) < 4.78 is 0. The van der Waals surface area contributed by atoms with E-state index in [0.29, 0.717) is 18.4 Å². The van der Waals surface area contributed by atoms with Gasteiger partial charge in [-0.25, -0.2) is 0 Å². The van der Waals surface area contributed by atoms with E-state index in [1.807, 2.05) is 11.8 Å². The molecule has 2 unspecified atom stereocenters. The van der Waals surface area contributed by atoms with Crippen LogP contribution < -0.4 is 5.32 Å². The summed E-state index contributed by atoms with van der Waals surface area (Å²) in [6.45, 7) is 6.29. The van der Waals surface area contributed by atoms with Gasteiger partial charge < -0.3 is 10.2 Å². The van der Waals surface area contributed by atoms with E-state index in [1.165, 1.54) is 22.4 Å². The minimum atomic E-state index is 0.281. The van der Waals surface area contributed by atoms with E-state index in [-0.39, 0.29) is 6.04 Å². The van der Waals surface area contributed by atoms with Crippen molar-refractivity contribution in [2.75, 3.05) is 24.6 Å². The fourth-order valence-corrected chi connectivity index (χ4v) is 4.55. The summed E-state index contributed by atoms with van der Waals surface area (Å²) in [5.41, 5.74) is 4.01. The molecule has 0 saturated carbocycles. The van der Waals surface area contributed by atoms with Crippen molar-refractivity contribution in [3.63, 3.8) is 0 Å². The zero-order valence-corrected chi connectivity index (χ0v) is 14.4. The predicted molar refractivity (Wildman–Crippen MR) is 93.3 cm³/mol. The Morgan fingerprint density at radius 3 is 3.05 bits per heavy atom. The maximum absolute atomic E-state index is 12.8.